The molecular weight excluding hydrogens is 224 g/mol. The molecule has 0 aliphatic carbocycles. The first-order chi connectivity index (χ1) is 8.59. The molecule has 1 aliphatic rings. The van der Waals surface area contributed by atoms with E-state index in [-0.39, 0.29) is 11.6 Å². The van der Waals surface area contributed by atoms with Gasteiger partial charge in [-0.25, -0.2) is 0 Å². The molecule has 1 aliphatic heterocycles. The van der Waals surface area contributed by atoms with Crippen LogP contribution in [0.1, 0.15) is 31.9 Å². The molecule has 1 aromatic heterocycles. The van der Waals surface area contributed by atoms with Crippen LogP contribution in [-0.2, 0) is 0 Å². The van der Waals surface area contributed by atoms with E-state index >= 15 is 0 Å². The molecule has 0 saturated carbocycles. The van der Waals surface area contributed by atoms with Gasteiger partial charge in [-0.3, -0.25) is 9.88 Å². The van der Waals surface area contributed by atoms with Gasteiger partial charge in [-0.2, -0.15) is 0 Å². The number of pyridine rings is 1. The Morgan fingerprint density at radius 2 is 2.17 bits per heavy atom. The summed E-state index contributed by atoms with van der Waals surface area (Å²) in [4.78, 5) is 6.67. The van der Waals surface area contributed by atoms with E-state index < -0.39 is 0 Å². The molecular formula is C14H24N4. The molecule has 1 saturated heterocycles. The highest BCUT2D eigenvalue weighted by atomic mass is 15.2. The van der Waals surface area contributed by atoms with E-state index in [1.807, 2.05) is 12.3 Å². The number of nitrogens with two attached hydrogens (primary N) is 1. The summed E-state index contributed by atoms with van der Waals surface area (Å²) in [5, 5.41) is 3.39. The average Bonchev–Trinajstić information content (AvgIpc) is 2.40. The van der Waals surface area contributed by atoms with E-state index in [0.717, 1.165) is 38.2 Å². The van der Waals surface area contributed by atoms with Crippen molar-refractivity contribution in [1.29, 1.82) is 0 Å². The molecule has 100 valence electrons. The van der Waals surface area contributed by atoms with Crippen LogP contribution in [0.4, 0.5) is 0 Å². The minimum atomic E-state index is 0.0589. The van der Waals surface area contributed by atoms with Crippen LogP contribution in [0.15, 0.2) is 24.5 Å². The Bertz CT molecular complexity index is 357. The average molecular weight is 248 g/mol. The second-order valence-corrected chi connectivity index (χ2v) is 5.65. The lowest BCUT2D eigenvalue weighted by Gasteiger charge is -2.42. The molecule has 2 heterocycles. The molecule has 1 fully saturated rings. The Morgan fingerprint density at radius 3 is 2.78 bits per heavy atom. The van der Waals surface area contributed by atoms with E-state index in [4.69, 9.17) is 5.73 Å². The van der Waals surface area contributed by atoms with Crippen LogP contribution >= 0.6 is 0 Å². The molecule has 0 aromatic carbocycles. The highest BCUT2D eigenvalue weighted by Gasteiger charge is 2.30. The van der Waals surface area contributed by atoms with Gasteiger partial charge in [0.05, 0.1) is 0 Å². The zero-order valence-corrected chi connectivity index (χ0v) is 11.4. The van der Waals surface area contributed by atoms with Crippen molar-refractivity contribution in [2.45, 2.75) is 31.8 Å². The van der Waals surface area contributed by atoms with Gasteiger partial charge < -0.3 is 11.1 Å². The van der Waals surface area contributed by atoms with Crippen LogP contribution in [-0.4, -0.2) is 41.6 Å². The van der Waals surface area contributed by atoms with Crippen LogP contribution < -0.4 is 11.1 Å². The van der Waals surface area contributed by atoms with E-state index in [1.54, 1.807) is 6.20 Å². The largest absolute Gasteiger partial charge is 0.324 e. The predicted octanol–water partition coefficient (Wildman–Crippen LogP) is 1.16. The van der Waals surface area contributed by atoms with Crippen LogP contribution in [0, 0.1) is 0 Å². The van der Waals surface area contributed by atoms with Gasteiger partial charge in [-0.1, -0.05) is 6.07 Å². The molecule has 4 nitrogen and oxygen atoms in total. The lowest BCUT2D eigenvalue weighted by molar-refractivity contribution is 0.0893. The predicted molar refractivity (Wildman–Crippen MR) is 74.3 cm³/mol. The molecule has 1 aromatic rings. The molecule has 4 heteroatoms. The topological polar surface area (TPSA) is 54.2 Å². The summed E-state index contributed by atoms with van der Waals surface area (Å²) in [6.07, 6.45) is 4.62. The Hall–Kier alpha value is -0.970. The quantitative estimate of drug-likeness (QED) is 0.839. The Morgan fingerprint density at radius 1 is 1.44 bits per heavy atom. The van der Waals surface area contributed by atoms with E-state index in [1.165, 1.54) is 0 Å². The lowest BCUT2D eigenvalue weighted by Crippen LogP contribution is -2.54. The van der Waals surface area contributed by atoms with Crippen LogP contribution in [0.2, 0.25) is 0 Å². The summed E-state index contributed by atoms with van der Waals surface area (Å²) in [6.45, 7) is 8.93. The van der Waals surface area contributed by atoms with Crippen molar-refractivity contribution in [3.63, 3.8) is 0 Å². The van der Waals surface area contributed by atoms with Gasteiger partial charge in [-0.15, -0.1) is 0 Å². The third-order valence-electron chi connectivity index (χ3n) is 3.81. The fourth-order valence-electron chi connectivity index (χ4n) is 2.65. The van der Waals surface area contributed by atoms with Crippen molar-refractivity contribution in [2.24, 2.45) is 5.73 Å². The third-order valence-corrected chi connectivity index (χ3v) is 3.81. The van der Waals surface area contributed by atoms with E-state index in [9.17, 15) is 0 Å². The van der Waals surface area contributed by atoms with E-state index in [2.05, 4.69) is 35.1 Å². The SMILES string of the molecule is CC(C)(CC(N)c1cccnc1)N1CCNCC1. The first-order valence-corrected chi connectivity index (χ1v) is 6.71. The van der Waals surface area contributed by atoms with Crippen molar-refractivity contribution in [1.82, 2.24) is 15.2 Å². The molecule has 0 bridgehead atoms. The Balaban J connectivity index is 1.98. The maximum absolute atomic E-state index is 6.31. The number of piperazine rings is 1. The van der Waals surface area contributed by atoms with Crippen molar-refractivity contribution >= 4 is 0 Å². The number of nitrogens with one attached hydrogen (secondary N) is 1. The summed E-state index contributed by atoms with van der Waals surface area (Å²) >= 11 is 0. The minimum Gasteiger partial charge on any atom is -0.324 e. The first-order valence-electron chi connectivity index (χ1n) is 6.71. The highest BCUT2D eigenvalue weighted by Crippen LogP contribution is 2.26. The minimum absolute atomic E-state index is 0.0589. The van der Waals surface area contributed by atoms with Crippen LogP contribution in [0.5, 0.6) is 0 Å². The van der Waals surface area contributed by atoms with Gasteiger partial charge in [0.2, 0.25) is 0 Å². The van der Waals surface area contributed by atoms with Crippen molar-refractivity contribution < 1.29 is 0 Å². The van der Waals surface area contributed by atoms with Crippen LogP contribution in [0.3, 0.4) is 0 Å². The molecule has 0 spiro atoms. The second kappa shape index (κ2) is 5.78. The Labute approximate surface area is 110 Å². The third kappa shape index (κ3) is 3.28. The van der Waals surface area contributed by atoms with Gasteiger partial charge in [0.1, 0.15) is 0 Å². The Kier molecular flexibility index (Phi) is 4.32. The molecule has 1 unspecified atom stereocenters. The van der Waals surface area contributed by atoms with Gasteiger partial charge in [0, 0.05) is 50.2 Å². The summed E-state index contributed by atoms with van der Waals surface area (Å²) in [5.74, 6) is 0. The highest BCUT2D eigenvalue weighted by molar-refractivity contribution is 5.14. The molecule has 18 heavy (non-hydrogen) atoms. The molecule has 0 amide bonds. The monoisotopic (exact) mass is 248 g/mol. The summed E-state index contributed by atoms with van der Waals surface area (Å²) in [7, 11) is 0. The molecule has 3 N–H and O–H groups in total. The smallest absolute Gasteiger partial charge is 0.0327 e. The van der Waals surface area contributed by atoms with Gasteiger partial charge in [0.25, 0.3) is 0 Å². The number of hydrogen-bond donors (Lipinski definition) is 2. The standard InChI is InChI=1S/C14H24N4/c1-14(2,18-8-6-16-7-9-18)10-13(15)12-4-3-5-17-11-12/h3-5,11,13,16H,6-10,15H2,1-2H3. The van der Waals surface area contributed by atoms with Gasteiger partial charge in [0.15, 0.2) is 0 Å². The molecule has 0 radical (unpaired) electrons. The fourth-order valence-corrected chi connectivity index (χ4v) is 2.65. The maximum Gasteiger partial charge on any atom is 0.0327 e. The lowest BCUT2D eigenvalue weighted by atomic mass is 9.90. The number of aromatic nitrogens is 1. The van der Waals surface area contributed by atoms with Gasteiger partial charge in [-0.05, 0) is 31.9 Å². The van der Waals surface area contributed by atoms with Crippen LogP contribution in [0.25, 0.3) is 0 Å². The molecule has 2 rings (SSSR count). The van der Waals surface area contributed by atoms with Gasteiger partial charge >= 0.3 is 0 Å². The maximum atomic E-state index is 6.31. The van der Waals surface area contributed by atoms with E-state index in [0.29, 0.717) is 0 Å². The normalized spacial score (nSPS) is 19.7. The zero-order chi connectivity index (χ0) is 13.0. The molecule has 1 atom stereocenters. The van der Waals surface area contributed by atoms with Crippen molar-refractivity contribution in [3.8, 4) is 0 Å². The van der Waals surface area contributed by atoms with Crippen molar-refractivity contribution in [3.05, 3.63) is 30.1 Å². The van der Waals surface area contributed by atoms with Crippen molar-refractivity contribution in [2.75, 3.05) is 26.2 Å². The first kappa shape index (κ1) is 13.5. The fraction of sp³-hybridized carbons (Fsp3) is 0.643. The second-order valence-electron chi connectivity index (χ2n) is 5.65. The summed E-state index contributed by atoms with van der Waals surface area (Å²) in [5.41, 5.74) is 7.57. The summed E-state index contributed by atoms with van der Waals surface area (Å²) in [6, 6.07) is 4.07. The number of nitrogens with zero attached hydrogens (tertiary/aromatic N) is 2. The zero-order valence-electron chi connectivity index (χ0n) is 11.4. The number of rotatable bonds is 4. The number of hydrogen-bond acceptors (Lipinski definition) is 4. The summed E-state index contributed by atoms with van der Waals surface area (Å²) < 4.78 is 0.